The van der Waals surface area contributed by atoms with Crippen LogP contribution in [-0.4, -0.2) is 46.6 Å². The van der Waals surface area contributed by atoms with Crippen molar-refractivity contribution in [1.29, 1.82) is 0 Å². The summed E-state index contributed by atoms with van der Waals surface area (Å²) in [4.78, 5) is 6.18. The van der Waals surface area contributed by atoms with Crippen molar-refractivity contribution >= 4 is 5.95 Å². The monoisotopic (exact) mass is 327 g/mol. The van der Waals surface area contributed by atoms with Gasteiger partial charge in [-0.05, 0) is 57.5 Å². The molecule has 0 spiro atoms. The molecule has 1 N–H and O–H groups in total. The largest absolute Gasteiger partial charge is 0.393 e. The Balaban J connectivity index is 1.47. The van der Waals surface area contributed by atoms with Crippen molar-refractivity contribution in [3.8, 4) is 0 Å². The molecule has 1 aromatic heterocycles. The van der Waals surface area contributed by atoms with Crippen LogP contribution in [0.1, 0.15) is 58.3 Å². The van der Waals surface area contributed by atoms with Gasteiger partial charge in [-0.25, -0.2) is 4.39 Å². The first-order chi connectivity index (χ1) is 10.9. The van der Waals surface area contributed by atoms with Gasteiger partial charge >= 0.3 is 0 Å². The van der Waals surface area contributed by atoms with Crippen molar-refractivity contribution < 1.29 is 18.8 Å². The predicted octanol–water partition coefficient (Wildman–Crippen LogP) is 2.56. The molecule has 1 aliphatic heterocycles. The number of anilines is 1. The number of nitrogens with zero attached hydrogens (tertiary/aromatic N) is 3. The van der Waals surface area contributed by atoms with E-state index in [1.165, 1.54) is 13.8 Å². The second-order valence-electron chi connectivity index (χ2n) is 7.13. The lowest BCUT2D eigenvalue weighted by Crippen LogP contribution is -2.39. The number of aliphatic hydroxyl groups excluding tert-OH is 1. The highest BCUT2D eigenvalue weighted by molar-refractivity contribution is 5.29. The molecule has 2 heterocycles. The lowest BCUT2D eigenvalue weighted by atomic mass is 9.94. The van der Waals surface area contributed by atoms with Crippen molar-refractivity contribution in [2.45, 2.75) is 76.4 Å². The first-order valence-electron chi connectivity index (χ1n) is 8.53. The molecular formula is C16H26FN3O3. The highest BCUT2D eigenvalue weighted by atomic mass is 19.1. The van der Waals surface area contributed by atoms with Crippen LogP contribution in [-0.2, 0) is 10.4 Å². The molecule has 6 nitrogen and oxygen atoms in total. The molecular weight excluding hydrogens is 301 g/mol. The quantitative estimate of drug-likeness (QED) is 0.916. The van der Waals surface area contributed by atoms with Crippen LogP contribution in [0.3, 0.4) is 0 Å². The van der Waals surface area contributed by atoms with E-state index in [2.05, 4.69) is 10.1 Å². The molecule has 0 amide bonds. The number of piperidine rings is 1. The third kappa shape index (κ3) is 4.20. The maximum Gasteiger partial charge on any atom is 0.266 e. The molecule has 1 aliphatic carbocycles. The maximum atomic E-state index is 13.8. The Bertz CT molecular complexity index is 501. The number of halogens is 1. The number of aromatic nitrogens is 2. The lowest BCUT2D eigenvalue weighted by molar-refractivity contribution is -0.0557. The minimum absolute atomic E-state index is 0.0200. The Labute approximate surface area is 136 Å². The minimum atomic E-state index is -1.61. The van der Waals surface area contributed by atoms with Crippen LogP contribution >= 0.6 is 0 Å². The van der Waals surface area contributed by atoms with Gasteiger partial charge in [0.15, 0.2) is 5.67 Å². The summed E-state index contributed by atoms with van der Waals surface area (Å²) in [6.07, 6.45) is 5.76. The van der Waals surface area contributed by atoms with Gasteiger partial charge in [-0.15, -0.1) is 0 Å². The normalized spacial score (nSPS) is 27.4. The average Bonchev–Trinajstić information content (AvgIpc) is 3.00. The molecule has 2 fully saturated rings. The number of rotatable bonds is 4. The van der Waals surface area contributed by atoms with Gasteiger partial charge in [0.1, 0.15) is 0 Å². The fraction of sp³-hybridized carbons (Fsp3) is 0.875. The van der Waals surface area contributed by atoms with E-state index in [1.54, 1.807) is 0 Å². The minimum Gasteiger partial charge on any atom is -0.393 e. The third-order valence-corrected chi connectivity index (χ3v) is 4.68. The molecule has 7 heteroatoms. The van der Waals surface area contributed by atoms with E-state index in [0.29, 0.717) is 5.95 Å². The second kappa shape index (κ2) is 6.73. The molecule has 0 unspecified atom stereocenters. The average molecular weight is 327 g/mol. The van der Waals surface area contributed by atoms with E-state index in [4.69, 9.17) is 9.26 Å². The van der Waals surface area contributed by atoms with E-state index < -0.39 is 5.67 Å². The zero-order valence-corrected chi connectivity index (χ0v) is 13.9. The first-order valence-corrected chi connectivity index (χ1v) is 8.53. The summed E-state index contributed by atoms with van der Waals surface area (Å²) in [5.74, 6) is 0.483. The summed E-state index contributed by atoms with van der Waals surface area (Å²) in [5, 5.41) is 13.4. The zero-order chi connectivity index (χ0) is 16.4. The van der Waals surface area contributed by atoms with Crippen LogP contribution in [0.25, 0.3) is 0 Å². The van der Waals surface area contributed by atoms with Gasteiger partial charge in [0.2, 0.25) is 0 Å². The van der Waals surface area contributed by atoms with Gasteiger partial charge in [0.05, 0.1) is 18.3 Å². The summed E-state index contributed by atoms with van der Waals surface area (Å²) in [6.45, 7) is 4.38. The van der Waals surface area contributed by atoms with E-state index in [0.717, 1.165) is 51.6 Å². The molecule has 130 valence electrons. The summed E-state index contributed by atoms with van der Waals surface area (Å²) in [5.41, 5.74) is -1.61. The van der Waals surface area contributed by atoms with E-state index in [1.807, 2.05) is 4.90 Å². The van der Waals surface area contributed by atoms with Crippen molar-refractivity contribution in [1.82, 2.24) is 10.1 Å². The molecule has 0 bridgehead atoms. The van der Waals surface area contributed by atoms with E-state index in [-0.39, 0.29) is 24.2 Å². The molecule has 1 saturated carbocycles. The summed E-state index contributed by atoms with van der Waals surface area (Å²) in [6, 6.07) is 0. The predicted molar refractivity (Wildman–Crippen MR) is 83.0 cm³/mol. The molecule has 1 saturated heterocycles. The molecule has 0 radical (unpaired) electrons. The summed E-state index contributed by atoms with van der Waals surface area (Å²) >= 11 is 0. The van der Waals surface area contributed by atoms with Gasteiger partial charge in [-0.1, -0.05) is 0 Å². The van der Waals surface area contributed by atoms with Crippen LogP contribution in [0.5, 0.6) is 0 Å². The summed E-state index contributed by atoms with van der Waals surface area (Å²) < 4.78 is 25.0. The van der Waals surface area contributed by atoms with Gasteiger partial charge < -0.3 is 19.3 Å². The Morgan fingerprint density at radius 3 is 2.30 bits per heavy atom. The van der Waals surface area contributed by atoms with Crippen molar-refractivity contribution in [3.63, 3.8) is 0 Å². The van der Waals surface area contributed by atoms with Crippen LogP contribution in [0.15, 0.2) is 4.52 Å². The Hall–Kier alpha value is -1.21. The Morgan fingerprint density at radius 1 is 1.13 bits per heavy atom. The number of ether oxygens (including phenoxy) is 1. The third-order valence-electron chi connectivity index (χ3n) is 4.68. The fourth-order valence-corrected chi connectivity index (χ4v) is 3.23. The molecule has 1 aromatic rings. The van der Waals surface area contributed by atoms with E-state index >= 15 is 0 Å². The molecule has 2 aliphatic rings. The van der Waals surface area contributed by atoms with Gasteiger partial charge in [-0.3, -0.25) is 0 Å². The number of aliphatic hydroxyl groups is 1. The van der Waals surface area contributed by atoms with Crippen LogP contribution in [0.4, 0.5) is 10.3 Å². The lowest BCUT2D eigenvalue weighted by Gasteiger charge is -2.34. The van der Waals surface area contributed by atoms with Crippen LogP contribution in [0, 0.1) is 0 Å². The number of alkyl halides is 1. The molecule has 0 atom stereocenters. The van der Waals surface area contributed by atoms with Crippen LogP contribution in [0.2, 0.25) is 0 Å². The van der Waals surface area contributed by atoms with Gasteiger partial charge in [-0.2, -0.15) is 4.98 Å². The van der Waals surface area contributed by atoms with E-state index in [9.17, 15) is 9.50 Å². The molecule has 3 rings (SSSR count). The van der Waals surface area contributed by atoms with Gasteiger partial charge in [0, 0.05) is 13.1 Å². The van der Waals surface area contributed by atoms with Crippen LogP contribution < -0.4 is 4.90 Å². The first kappa shape index (κ1) is 16.6. The molecule has 23 heavy (non-hydrogen) atoms. The summed E-state index contributed by atoms with van der Waals surface area (Å²) in [7, 11) is 0. The maximum absolute atomic E-state index is 13.8. The standard InChI is InChI=1S/C16H26FN3O3/c1-16(2,17)14-18-15(19-23-14)20-9-7-13(8-10-20)22-12-5-3-11(21)4-6-12/h11-13,21H,3-10H2,1-2H3. The Kier molecular flexibility index (Phi) is 4.87. The smallest absolute Gasteiger partial charge is 0.266 e. The fourth-order valence-electron chi connectivity index (χ4n) is 3.23. The van der Waals surface area contributed by atoms with Crippen molar-refractivity contribution in [3.05, 3.63) is 5.89 Å². The Morgan fingerprint density at radius 2 is 1.74 bits per heavy atom. The van der Waals surface area contributed by atoms with Crippen molar-refractivity contribution in [2.24, 2.45) is 0 Å². The highest BCUT2D eigenvalue weighted by Crippen LogP contribution is 2.28. The second-order valence-corrected chi connectivity index (χ2v) is 7.13. The van der Waals surface area contributed by atoms with Crippen molar-refractivity contribution in [2.75, 3.05) is 18.0 Å². The topological polar surface area (TPSA) is 71.6 Å². The molecule has 0 aromatic carbocycles. The number of hydrogen-bond acceptors (Lipinski definition) is 6. The zero-order valence-electron chi connectivity index (χ0n) is 13.9. The number of hydrogen-bond donors (Lipinski definition) is 1. The SMILES string of the molecule is CC(C)(F)c1nc(N2CCC(OC3CCC(O)CC3)CC2)no1. The van der Waals surface area contributed by atoms with Gasteiger partial charge in [0.25, 0.3) is 11.8 Å². The highest BCUT2D eigenvalue weighted by Gasteiger charge is 2.30.